The van der Waals surface area contributed by atoms with Gasteiger partial charge in [0.15, 0.2) is 11.5 Å². The number of hydrogen-bond donors (Lipinski definition) is 0. The molecule has 1 fully saturated rings. The summed E-state index contributed by atoms with van der Waals surface area (Å²) >= 11 is 3.41. The van der Waals surface area contributed by atoms with E-state index in [-0.39, 0.29) is 18.9 Å². The summed E-state index contributed by atoms with van der Waals surface area (Å²) in [5.41, 5.74) is 0. The molecule has 1 aliphatic carbocycles. The lowest BCUT2D eigenvalue weighted by atomic mass is 9.94. The second-order valence-corrected chi connectivity index (χ2v) is 5.96. The predicted molar refractivity (Wildman–Crippen MR) is 73.0 cm³/mol. The molecule has 3 nitrogen and oxygen atoms in total. The van der Waals surface area contributed by atoms with Gasteiger partial charge in [0, 0.05) is 18.9 Å². The van der Waals surface area contributed by atoms with E-state index in [0.717, 1.165) is 4.47 Å². The third-order valence-corrected chi connectivity index (χ3v) is 4.13. The molecule has 1 saturated carbocycles. The van der Waals surface area contributed by atoms with Crippen LogP contribution in [0.15, 0.2) is 16.6 Å². The number of benzene rings is 1. The molecule has 0 bridgehead atoms. The van der Waals surface area contributed by atoms with Crippen LogP contribution in [0.3, 0.4) is 0 Å². The number of halogens is 3. The molecule has 0 N–H and O–H groups in total. The highest BCUT2D eigenvalue weighted by atomic mass is 79.9. The lowest BCUT2D eigenvalue weighted by Crippen LogP contribution is -2.30. The van der Waals surface area contributed by atoms with Gasteiger partial charge in [-0.25, -0.2) is 8.78 Å². The summed E-state index contributed by atoms with van der Waals surface area (Å²) in [5.74, 6) is -0.621. The van der Waals surface area contributed by atoms with Crippen molar-refractivity contribution in [2.75, 3.05) is 13.2 Å². The molecule has 2 aliphatic rings. The third-order valence-electron chi connectivity index (χ3n) is 3.54. The SMILES string of the molecule is FC1(F)CCC(Oc2cc(Br)c3c(c2)OCCO3)CC1. The molecule has 0 spiro atoms. The van der Waals surface area contributed by atoms with Crippen LogP contribution in [0.4, 0.5) is 8.78 Å². The zero-order valence-corrected chi connectivity index (χ0v) is 12.4. The maximum absolute atomic E-state index is 13.1. The third kappa shape index (κ3) is 3.00. The molecule has 0 atom stereocenters. The zero-order valence-electron chi connectivity index (χ0n) is 10.8. The molecule has 0 saturated heterocycles. The highest BCUT2D eigenvalue weighted by molar-refractivity contribution is 9.10. The van der Waals surface area contributed by atoms with Crippen molar-refractivity contribution in [1.29, 1.82) is 0 Å². The maximum atomic E-state index is 13.1. The smallest absolute Gasteiger partial charge is 0.248 e. The zero-order chi connectivity index (χ0) is 14.2. The summed E-state index contributed by atoms with van der Waals surface area (Å²) in [5, 5.41) is 0. The van der Waals surface area contributed by atoms with Crippen LogP contribution in [0.5, 0.6) is 17.2 Å². The minimum Gasteiger partial charge on any atom is -0.490 e. The Morgan fingerprint density at radius 2 is 1.85 bits per heavy atom. The van der Waals surface area contributed by atoms with E-state index in [1.54, 1.807) is 12.1 Å². The Bertz CT molecular complexity index is 497. The van der Waals surface area contributed by atoms with Gasteiger partial charge < -0.3 is 14.2 Å². The first-order valence-corrected chi connectivity index (χ1v) is 7.46. The summed E-state index contributed by atoms with van der Waals surface area (Å²) in [7, 11) is 0. The molecule has 0 radical (unpaired) electrons. The Hall–Kier alpha value is -1.04. The molecule has 1 aliphatic heterocycles. The summed E-state index contributed by atoms with van der Waals surface area (Å²) in [4.78, 5) is 0. The van der Waals surface area contributed by atoms with E-state index < -0.39 is 5.92 Å². The second kappa shape index (κ2) is 5.39. The Labute approximate surface area is 124 Å². The minimum atomic E-state index is -2.53. The quantitative estimate of drug-likeness (QED) is 0.802. The van der Waals surface area contributed by atoms with Gasteiger partial charge in [-0.2, -0.15) is 0 Å². The van der Waals surface area contributed by atoms with Crippen molar-refractivity contribution in [2.45, 2.75) is 37.7 Å². The number of hydrogen-bond acceptors (Lipinski definition) is 3. The lowest BCUT2D eigenvalue weighted by Gasteiger charge is -2.29. The molecule has 1 aromatic carbocycles. The standard InChI is InChI=1S/C14H15BrF2O3/c15-11-7-10(8-12-13(11)19-6-5-18-12)20-9-1-3-14(16,17)4-2-9/h7-9H,1-6H2. The first-order valence-electron chi connectivity index (χ1n) is 6.67. The van der Waals surface area contributed by atoms with Crippen LogP contribution in [0.25, 0.3) is 0 Å². The van der Waals surface area contributed by atoms with Gasteiger partial charge in [0.1, 0.15) is 19.0 Å². The van der Waals surface area contributed by atoms with Gasteiger partial charge in [-0.15, -0.1) is 0 Å². The van der Waals surface area contributed by atoms with Crippen molar-refractivity contribution in [1.82, 2.24) is 0 Å². The molecule has 0 amide bonds. The van der Waals surface area contributed by atoms with E-state index in [1.807, 2.05) is 0 Å². The molecule has 20 heavy (non-hydrogen) atoms. The molecular formula is C14H15BrF2O3. The predicted octanol–water partition coefficient (Wildman–Crippen LogP) is 4.18. The van der Waals surface area contributed by atoms with Crippen LogP contribution in [-0.2, 0) is 0 Å². The average molecular weight is 349 g/mol. The fourth-order valence-electron chi connectivity index (χ4n) is 2.48. The first-order chi connectivity index (χ1) is 9.53. The van der Waals surface area contributed by atoms with E-state index in [9.17, 15) is 8.78 Å². The minimum absolute atomic E-state index is 0.108. The van der Waals surface area contributed by atoms with E-state index in [0.29, 0.717) is 43.3 Å². The lowest BCUT2D eigenvalue weighted by molar-refractivity contribution is -0.0582. The van der Waals surface area contributed by atoms with Gasteiger partial charge in [0.2, 0.25) is 5.92 Å². The van der Waals surface area contributed by atoms with Crippen molar-refractivity contribution in [3.05, 3.63) is 16.6 Å². The largest absolute Gasteiger partial charge is 0.490 e. The van der Waals surface area contributed by atoms with Gasteiger partial charge in [0.05, 0.1) is 10.6 Å². The molecule has 6 heteroatoms. The average Bonchev–Trinajstić information content (AvgIpc) is 2.41. The van der Waals surface area contributed by atoms with Gasteiger partial charge in [-0.1, -0.05) is 0 Å². The summed E-state index contributed by atoms with van der Waals surface area (Å²) < 4.78 is 43.8. The second-order valence-electron chi connectivity index (χ2n) is 5.10. The van der Waals surface area contributed by atoms with Crippen LogP contribution in [0, 0.1) is 0 Å². The normalized spacial score (nSPS) is 21.6. The summed E-state index contributed by atoms with van der Waals surface area (Å²) in [6.07, 6.45) is 0.370. The van der Waals surface area contributed by atoms with Gasteiger partial charge in [0.25, 0.3) is 0 Å². The highest BCUT2D eigenvalue weighted by Crippen LogP contribution is 2.42. The van der Waals surface area contributed by atoms with Crippen molar-refractivity contribution in [3.8, 4) is 17.2 Å². The van der Waals surface area contributed by atoms with Crippen LogP contribution < -0.4 is 14.2 Å². The number of rotatable bonds is 2. The summed E-state index contributed by atoms with van der Waals surface area (Å²) in [6.45, 7) is 1.02. The van der Waals surface area contributed by atoms with Crippen molar-refractivity contribution in [2.24, 2.45) is 0 Å². The van der Waals surface area contributed by atoms with E-state index in [1.165, 1.54) is 0 Å². The molecular weight excluding hydrogens is 334 g/mol. The van der Waals surface area contributed by atoms with Crippen LogP contribution in [0.1, 0.15) is 25.7 Å². The van der Waals surface area contributed by atoms with Gasteiger partial charge >= 0.3 is 0 Å². The monoisotopic (exact) mass is 348 g/mol. The van der Waals surface area contributed by atoms with Crippen LogP contribution >= 0.6 is 15.9 Å². The highest BCUT2D eigenvalue weighted by Gasteiger charge is 2.35. The summed E-state index contributed by atoms with van der Waals surface area (Å²) in [6, 6.07) is 3.55. The van der Waals surface area contributed by atoms with E-state index in [4.69, 9.17) is 14.2 Å². The molecule has 0 unspecified atom stereocenters. The number of ether oxygens (including phenoxy) is 3. The van der Waals surface area contributed by atoms with Crippen molar-refractivity contribution in [3.63, 3.8) is 0 Å². The fraction of sp³-hybridized carbons (Fsp3) is 0.571. The molecule has 110 valence electrons. The fourth-order valence-corrected chi connectivity index (χ4v) is 3.01. The Kier molecular flexibility index (Phi) is 3.75. The van der Waals surface area contributed by atoms with Crippen molar-refractivity contribution >= 4 is 15.9 Å². The Morgan fingerprint density at radius 1 is 1.15 bits per heavy atom. The van der Waals surface area contributed by atoms with Crippen LogP contribution in [-0.4, -0.2) is 25.2 Å². The Morgan fingerprint density at radius 3 is 2.60 bits per heavy atom. The molecule has 3 rings (SSSR count). The molecule has 0 aromatic heterocycles. The number of alkyl halides is 2. The first kappa shape index (κ1) is 13.9. The van der Waals surface area contributed by atoms with Crippen LogP contribution in [0.2, 0.25) is 0 Å². The van der Waals surface area contributed by atoms with Gasteiger partial charge in [-0.05, 0) is 34.8 Å². The number of fused-ring (bicyclic) bond motifs is 1. The van der Waals surface area contributed by atoms with Gasteiger partial charge in [-0.3, -0.25) is 0 Å². The van der Waals surface area contributed by atoms with E-state index >= 15 is 0 Å². The van der Waals surface area contributed by atoms with Crippen molar-refractivity contribution < 1.29 is 23.0 Å². The topological polar surface area (TPSA) is 27.7 Å². The Balaban J connectivity index is 1.70. The maximum Gasteiger partial charge on any atom is 0.248 e. The van der Waals surface area contributed by atoms with E-state index in [2.05, 4.69) is 15.9 Å². The molecule has 1 heterocycles. The molecule has 1 aromatic rings.